The number of hydrogen-bond donors (Lipinski definition) is 2. The molecule has 1 aliphatic carbocycles. The molecule has 0 radical (unpaired) electrons. The summed E-state index contributed by atoms with van der Waals surface area (Å²) in [6, 6.07) is 4.96. The van der Waals surface area contributed by atoms with Gasteiger partial charge in [0.05, 0.1) is 5.69 Å². The molecule has 0 spiro atoms. The van der Waals surface area contributed by atoms with Crippen molar-refractivity contribution >= 4 is 11.6 Å². The Morgan fingerprint density at radius 1 is 1.58 bits per heavy atom. The fraction of sp³-hybridized carbons (Fsp3) is 0.500. The molecule has 3 N–H and O–H groups in total. The number of likely N-dealkylation sites (N-methyl/N-ethyl adjacent to an activating group) is 1. The van der Waals surface area contributed by atoms with E-state index in [9.17, 15) is 9.18 Å². The lowest BCUT2D eigenvalue weighted by Gasteiger charge is -2.24. The Morgan fingerprint density at radius 2 is 2.26 bits per heavy atom. The summed E-state index contributed by atoms with van der Waals surface area (Å²) in [5.41, 5.74) is 5.83. The predicted octanol–water partition coefficient (Wildman–Crippen LogP) is 1.62. The Morgan fingerprint density at radius 3 is 2.84 bits per heavy atom. The molecule has 104 valence electrons. The Labute approximate surface area is 112 Å². The highest BCUT2D eigenvalue weighted by atomic mass is 19.1. The molecule has 5 heteroatoms. The van der Waals surface area contributed by atoms with Gasteiger partial charge in [0.25, 0.3) is 5.91 Å². The van der Waals surface area contributed by atoms with E-state index in [1.807, 2.05) is 0 Å². The second-order valence-corrected chi connectivity index (χ2v) is 5.19. The number of amides is 1. The van der Waals surface area contributed by atoms with E-state index in [1.54, 1.807) is 0 Å². The molecular formula is C14H20FN3O. The van der Waals surface area contributed by atoms with Crippen molar-refractivity contribution in [1.82, 2.24) is 10.2 Å². The zero-order valence-electron chi connectivity index (χ0n) is 11.3. The second kappa shape index (κ2) is 5.57. The molecule has 1 saturated carbocycles. The number of carbonyl (C=O) groups excluding carboxylic acids is 1. The van der Waals surface area contributed by atoms with Gasteiger partial charge >= 0.3 is 0 Å². The van der Waals surface area contributed by atoms with E-state index in [0.717, 1.165) is 0 Å². The van der Waals surface area contributed by atoms with E-state index < -0.39 is 5.82 Å². The average Bonchev–Trinajstić information content (AvgIpc) is 3.22. The van der Waals surface area contributed by atoms with Crippen molar-refractivity contribution in [3.8, 4) is 0 Å². The number of halogens is 1. The monoisotopic (exact) mass is 265 g/mol. The second-order valence-electron chi connectivity index (χ2n) is 5.19. The number of benzene rings is 1. The van der Waals surface area contributed by atoms with Gasteiger partial charge in [-0.25, -0.2) is 4.39 Å². The summed E-state index contributed by atoms with van der Waals surface area (Å²) >= 11 is 0. The van der Waals surface area contributed by atoms with Crippen LogP contribution in [0.25, 0.3) is 0 Å². The zero-order valence-corrected chi connectivity index (χ0v) is 11.3. The molecule has 0 heterocycles. The summed E-state index contributed by atoms with van der Waals surface area (Å²) in [5, 5.41) is 2.85. The van der Waals surface area contributed by atoms with Crippen LogP contribution in [-0.2, 0) is 0 Å². The fourth-order valence-corrected chi connectivity index (χ4v) is 2.01. The number of nitrogens with zero attached hydrogens (tertiary/aromatic N) is 1. The van der Waals surface area contributed by atoms with Crippen LogP contribution in [0.4, 0.5) is 10.1 Å². The zero-order chi connectivity index (χ0) is 14.0. The topological polar surface area (TPSA) is 58.4 Å². The van der Waals surface area contributed by atoms with Crippen molar-refractivity contribution in [2.45, 2.75) is 31.8 Å². The minimum atomic E-state index is -0.501. The van der Waals surface area contributed by atoms with Gasteiger partial charge < -0.3 is 11.1 Å². The molecule has 1 fully saturated rings. The molecule has 0 aliphatic heterocycles. The van der Waals surface area contributed by atoms with Gasteiger partial charge in [0, 0.05) is 24.2 Å². The van der Waals surface area contributed by atoms with Crippen LogP contribution in [0.2, 0.25) is 0 Å². The third-order valence-electron chi connectivity index (χ3n) is 3.63. The standard InChI is InChI=1S/C14H20FN3O/c1-9(18(2)11-4-5-11)8-17-14(19)10-3-6-12(15)13(16)7-10/h3,6-7,9,11H,4-5,8,16H2,1-2H3,(H,17,19). The molecule has 1 amide bonds. The van der Waals surface area contributed by atoms with Crippen LogP contribution in [0.5, 0.6) is 0 Å². The largest absolute Gasteiger partial charge is 0.396 e. The molecule has 2 rings (SSSR count). The number of anilines is 1. The summed E-state index contributed by atoms with van der Waals surface area (Å²) in [6.07, 6.45) is 2.48. The maximum atomic E-state index is 13.0. The van der Waals surface area contributed by atoms with Gasteiger partial charge in [0.15, 0.2) is 0 Å². The molecular weight excluding hydrogens is 245 g/mol. The van der Waals surface area contributed by atoms with Crippen LogP contribution < -0.4 is 11.1 Å². The SMILES string of the molecule is CC(CNC(=O)c1ccc(F)c(N)c1)N(C)C1CC1. The van der Waals surface area contributed by atoms with Crippen molar-refractivity contribution < 1.29 is 9.18 Å². The maximum Gasteiger partial charge on any atom is 0.251 e. The van der Waals surface area contributed by atoms with Crippen LogP contribution in [0.1, 0.15) is 30.1 Å². The molecule has 0 aromatic heterocycles. The number of hydrogen-bond acceptors (Lipinski definition) is 3. The lowest BCUT2D eigenvalue weighted by Crippen LogP contribution is -2.41. The summed E-state index contributed by atoms with van der Waals surface area (Å²) in [5.74, 6) is -0.721. The lowest BCUT2D eigenvalue weighted by atomic mass is 10.1. The van der Waals surface area contributed by atoms with Crippen molar-refractivity contribution in [1.29, 1.82) is 0 Å². The van der Waals surface area contributed by atoms with E-state index in [0.29, 0.717) is 18.2 Å². The predicted molar refractivity (Wildman–Crippen MR) is 73.4 cm³/mol. The van der Waals surface area contributed by atoms with Gasteiger partial charge in [0.2, 0.25) is 0 Å². The lowest BCUT2D eigenvalue weighted by molar-refractivity contribution is 0.0939. The highest BCUT2D eigenvalue weighted by molar-refractivity contribution is 5.95. The first-order valence-electron chi connectivity index (χ1n) is 6.54. The van der Waals surface area contributed by atoms with Crippen molar-refractivity contribution in [2.75, 3.05) is 19.3 Å². The molecule has 1 aliphatic rings. The minimum absolute atomic E-state index is 0.00389. The molecule has 1 atom stereocenters. The van der Waals surface area contributed by atoms with Gasteiger partial charge in [-0.15, -0.1) is 0 Å². The summed E-state index contributed by atoms with van der Waals surface area (Å²) in [4.78, 5) is 14.2. The number of nitrogens with two attached hydrogens (primary N) is 1. The van der Waals surface area contributed by atoms with Gasteiger partial charge in [-0.2, -0.15) is 0 Å². The van der Waals surface area contributed by atoms with Crippen molar-refractivity contribution in [2.24, 2.45) is 0 Å². The average molecular weight is 265 g/mol. The van der Waals surface area contributed by atoms with E-state index in [2.05, 4.69) is 24.2 Å². The Kier molecular flexibility index (Phi) is 4.04. The van der Waals surface area contributed by atoms with Crippen LogP contribution >= 0.6 is 0 Å². The molecule has 1 aromatic carbocycles. The first kappa shape index (κ1) is 13.8. The van der Waals surface area contributed by atoms with Gasteiger partial charge in [-0.05, 0) is 45.0 Å². The van der Waals surface area contributed by atoms with Crippen LogP contribution in [0, 0.1) is 5.82 Å². The highest BCUT2D eigenvalue weighted by Crippen LogP contribution is 2.26. The number of nitrogen functional groups attached to an aromatic ring is 1. The van der Waals surface area contributed by atoms with Gasteiger partial charge in [0.1, 0.15) is 5.82 Å². The van der Waals surface area contributed by atoms with Crippen LogP contribution in [0.3, 0.4) is 0 Å². The van der Waals surface area contributed by atoms with E-state index in [1.165, 1.54) is 31.0 Å². The smallest absolute Gasteiger partial charge is 0.251 e. The Hall–Kier alpha value is -1.62. The molecule has 19 heavy (non-hydrogen) atoms. The number of carbonyl (C=O) groups is 1. The quantitative estimate of drug-likeness (QED) is 0.795. The summed E-state index contributed by atoms with van der Waals surface area (Å²) in [7, 11) is 2.07. The van der Waals surface area contributed by atoms with Crippen molar-refractivity contribution in [3.05, 3.63) is 29.6 Å². The Bertz CT molecular complexity index is 474. The van der Waals surface area contributed by atoms with Gasteiger partial charge in [-0.3, -0.25) is 9.69 Å². The number of rotatable bonds is 5. The first-order valence-corrected chi connectivity index (χ1v) is 6.54. The van der Waals surface area contributed by atoms with Crippen molar-refractivity contribution in [3.63, 3.8) is 0 Å². The maximum absolute atomic E-state index is 13.0. The minimum Gasteiger partial charge on any atom is -0.396 e. The molecule has 1 unspecified atom stereocenters. The third kappa shape index (κ3) is 3.44. The highest BCUT2D eigenvalue weighted by Gasteiger charge is 2.29. The molecule has 1 aromatic rings. The third-order valence-corrected chi connectivity index (χ3v) is 3.63. The molecule has 0 saturated heterocycles. The van der Waals surface area contributed by atoms with Gasteiger partial charge in [-0.1, -0.05) is 0 Å². The summed E-state index contributed by atoms with van der Waals surface area (Å²) < 4.78 is 13.0. The van der Waals surface area contributed by atoms with E-state index in [-0.39, 0.29) is 17.6 Å². The fourth-order valence-electron chi connectivity index (χ4n) is 2.01. The number of nitrogens with one attached hydrogen (secondary N) is 1. The van der Waals surface area contributed by atoms with Crippen LogP contribution in [-0.4, -0.2) is 36.5 Å². The van der Waals surface area contributed by atoms with E-state index in [4.69, 9.17) is 5.73 Å². The Balaban J connectivity index is 1.88. The summed E-state index contributed by atoms with van der Waals surface area (Å²) in [6.45, 7) is 2.65. The van der Waals surface area contributed by atoms with Crippen LogP contribution in [0.15, 0.2) is 18.2 Å². The molecule has 0 bridgehead atoms. The molecule has 4 nitrogen and oxygen atoms in total. The first-order chi connectivity index (χ1) is 8.99. The van der Waals surface area contributed by atoms with E-state index >= 15 is 0 Å². The normalized spacial score (nSPS) is 16.4.